The van der Waals surface area contributed by atoms with E-state index in [4.69, 9.17) is 4.42 Å². The third-order valence-corrected chi connectivity index (χ3v) is 6.92. The Balaban J connectivity index is 1.36. The minimum absolute atomic E-state index is 0.00698. The lowest BCUT2D eigenvalue weighted by Crippen LogP contribution is -2.41. The normalized spacial score (nSPS) is 15.7. The molecule has 0 unspecified atom stereocenters. The van der Waals surface area contributed by atoms with Gasteiger partial charge in [-0.05, 0) is 55.3 Å². The summed E-state index contributed by atoms with van der Waals surface area (Å²) < 4.78 is 58.4. The number of nitrogens with one attached hydrogen (secondary N) is 1. The zero-order valence-electron chi connectivity index (χ0n) is 16.2. The van der Waals surface area contributed by atoms with Crippen LogP contribution in [0.25, 0.3) is 11.5 Å². The van der Waals surface area contributed by atoms with Gasteiger partial charge >= 0.3 is 6.01 Å². The first-order valence-electron chi connectivity index (χ1n) is 9.49. The first-order valence-corrected chi connectivity index (χ1v) is 10.9. The maximum absolute atomic E-state index is 13.3. The summed E-state index contributed by atoms with van der Waals surface area (Å²) in [6.07, 6.45) is 0.605. The number of hydrogen-bond acceptors (Lipinski definition) is 6. The number of carbonyl (C=O) groups is 1. The molecule has 4 rings (SSSR count). The summed E-state index contributed by atoms with van der Waals surface area (Å²) >= 11 is 0. The van der Waals surface area contributed by atoms with E-state index in [9.17, 15) is 22.0 Å². The molecule has 1 fully saturated rings. The van der Waals surface area contributed by atoms with E-state index in [-0.39, 0.29) is 35.8 Å². The molecule has 2 heterocycles. The molecule has 0 atom stereocenters. The van der Waals surface area contributed by atoms with Crippen molar-refractivity contribution in [2.24, 2.45) is 5.92 Å². The van der Waals surface area contributed by atoms with Crippen LogP contribution in [0.4, 0.5) is 14.8 Å². The van der Waals surface area contributed by atoms with E-state index in [0.717, 1.165) is 12.1 Å². The number of sulfonamides is 1. The Hall–Kier alpha value is -3.18. The van der Waals surface area contributed by atoms with Crippen LogP contribution in [0.2, 0.25) is 0 Å². The minimum atomic E-state index is -3.75. The van der Waals surface area contributed by atoms with Crippen molar-refractivity contribution in [2.75, 3.05) is 18.4 Å². The van der Waals surface area contributed by atoms with Gasteiger partial charge in [0.15, 0.2) is 0 Å². The molecular formula is C20H18F2N4O4S. The van der Waals surface area contributed by atoms with Crippen molar-refractivity contribution >= 4 is 21.9 Å². The Kier molecular flexibility index (Phi) is 5.79. The van der Waals surface area contributed by atoms with Gasteiger partial charge in [-0.2, -0.15) is 4.31 Å². The van der Waals surface area contributed by atoms with E-state index in [1.165, 1.54) is 34.6 Å². The van der Waals surface area contributed by atoms with E-state index in [1.807, 2.05) is 0 Å². The second kappa shape index (κ2) is 8.52. The summed E-state index contributed by atoms with van der Waals surface area (Å²) in [6, 6.07) is 10.1. The van der Waals surface area contributed by atoms with Crippen LogP contribution in [0, 0.1) is 17.6 Å². The number of halogens is 2. The van der Waals surface area contributed by atoms with Crippen LogP contribution in [0.5, 0.6) is 0 Å². The quantitative estimate of drug-likeness (QED) is 0.643. The fourth-order valence-electron chi connectivity index (χ4n) is 3.33. The predicted octanol–water partition coefficient (Wildman–Crippen LogP) is 3.05. The van der Waals surface area contributed by atoms with E-state index >= 15 is 0 Å². The topological polar surface area (TPSA) is 105 Å². The van der Waals surface area contributed by atoms with Crippen molar-refractivity contribution in [3.05, 3.63) is 60.2 Å². The molecule has 1 aliphatic rings. The van der Waals surface area contributed by atoms with Crippen LogP contribution < -0.4 is 5.32 Å². The highest BCUT2D eigenvalue weighted by atomic mass is 32.2. The number of benzene rings is 2. The standard InChI is InChI=1S/C20H18F2N4O4S/c21-15-4-6-17(7-5-15)31(28,29)26-10-8-13(9-11-26)18(27)23-20-25-24-19(30-20)14-2-1-3-16(22)12-14/h1-7,12-13H,8-11H2,(H,23,25,27). The molecule has 1 aliphatic heterocycles. The van der Waals surface area contributed by atoms with Gasteiger partial charge in [-0.3, -0.25) is 10.1 Å². The van der Waals surface area contributed by atoms with Gasteiger partial charge in [0.1, 0.15) is 11.6 Å². The molecule has 0 bridgehead atoms. The summed E-state index contributed by atoms with van der Waals surface area (Å²) in [5, 5.41) is 10.1. The number of hydrogen-bond donors (Lipinski definition) is 1. The number of nitrogens with zero attached hydrogens (tertiary/aromatic N) is 3. The third kappa shape index (κ3) is 4.62. The van der Waals surface area contributed by atoms with E-state index < -0.39 is 27.6 Å². The van der Waals surface area contributed by atoms with Crippen molar-refractivity contribution in [1.29, 1.82) is 0 Å². The van der Waals surface area contributed by atoms with Crippen molar-refractivity contribution in [2.45, 2.75) is 17.7 Å². The van der Waals surface area contributed by atoms with Gasteiger partial charge < -0.3 is 4.42 Å². The number of carbonyl (C=O) groups excluding carboxylic acids is 1. The van der Waals surface area contributed by atoms with Crippen molar-refractivity contribution in [3.8, 4) is 11.5 Å². The largest absolute Gasteiger partial charge is 0.403 e. The average molecular weight is 448 g/mol. The van der Waals surface area contributed by atoms with Crippen LogP contribution in [-0.2, 0) is 14.8 Å². The molecule has 11 heteroatoms. The Morgan fingerprint density at radius 3 is 2.42 bits per heavy atom. The average Bonchev–Trinajstić information content (AvgIpc) is 3.23. The first kappa shape index (κ1) is 21.1. The first-order chi connectivity index (χ1) is 14.8. The molecule has 0 aliphatic carbocycles. The molecule has 1 aromatic heterocycles. The zero-order valence-corrected chi connectivity index (χ0v) is 17.0. The maximum Gasteiger partial charge on any atom is 0.322 e. The molecule has 2 aromatic carbocycles. The molecule has 8 nitrogen and oxygen atoms in total. The molecule has 1 N–H and O–H groups in total. The Bertz CT molecular complexity index is 1190. The smallest absolute Gasteiger partial charge is 0.322 e. The molecule has 3 aromatic rings. The van der Waals surface area contributed by atoms with Gasteiger partial charge in [0.25, 0.3) is 0 Å². The lowest BCUT2D eigenvalue weighted by Gasteiger charge is -2.30. The van der Waals surface area contributed by atoms with Gasteiger partial charge in [0, 0.05) is 24.6 Å². The van der Waals surface area contributed by atoms with Crippen LogP contribution in [0.1, 0.15) is 12.8 Å². The molecule has 1 amide bonds. The van der Waals surface area contributed by atoms with Gasteiger partial charge in [0.05, 0.1) is 4.90 Å². The summed E-state index contributed by atoms with van der Waals surface area (Å²) in [4.78, 5) is 12.5. The summed E-state index contributed by atoms with van der Waals surface area (Å²) in [7, 11) is -3.75. The summed E-state index contributed by atoms with van der Waals surface area (Å²) in [6.45, 7) is 0.298. The van der Waals surface area contributed by atoms with Gasteiger partial charge in [0.2, 0.25) is 21.8 Å². The Morgan fingerprint density at radius 2 is 1.74 bits per heavy atom. The van der Waals surface area contributed by atoms with Crippen molar-refractivity contribution in [1.82, 2.24) is 14.5 Å². The lowest BCUT2D eigenvalue weighted by atomic mass is 9.97. The van der Waals surface area contributed by atoms with E-state index in [2.05, 4.69) is 15.5 Å². The summed E-state index contributed by atoms with van der Waals surface area (Å²) in [5.74, 6) is -1.72. The van der Waals surface area contributed by atoms with E-state index in [1.54, 1.807) is 6.07 Å². The fraction of sp³-hybridized carbons (Fsp3) is 0.250. The van der Waals surface area contributed by atoms with E-state index in [0.29, 0.717) is 18.4 Å². The van der Waals surface area contributed by atoms with Crippen molar-refractivity contribution in [3.63, 3.8) is 0 Å². The Morgan fingerprint density at radius 1 is 1.03 bits per heavy atom. The predicted molar refractivity (Wildman–Crippen MR) is 106 cm³/mol. The molecule has 162 valence electrons. The highest BCUT2D eigenvalue weighted by molar-refractivity contribution is 7.89. The van der Waals surface area contributed by atoms with Crippen LogP contribution in [-0.4, -0.2) is 41.9 Å². The maximum atomic E-state index is 13.3. The minimum Gasteiger partial charge on any atom is -0.403 e. The number of aromatic nitrogens is 2. The molecule has 31 heavy (non-hydrogen) atoms. The second-order valence-electron chi connectivity index (χ2n) is 7.04. The third-order valence-electron chi connectivity index (χ3n) is 5.00. The molecule has 0 saturated carbocycles. The number of rotatable bonds is 5. The molecule has 0 radical (unpaired) electrons. The van der Waals surface area contributed by atoms with Gasteiger partial charge in [-0.1, -0.05) is 11.2 Å². The second-order valence-corrected chi connectivity index (χ2v) is 8.98. The molecule has 0 spiro atoms. The number of anilines is 1. The number of piperidine rings is 1. The lowest BCUT2D eigenvalue weighted by molar-refractivity contribution is -0.121. The zero-order chi connectivity index (χ0) is 22.0. The summed E-state index contributed by atoms with van der Waals surface area (Å²) in [5.41, 5.74) is 0.382. The number of amides is 1. The van der Waals surface area contributed by atoms with Crippen LogP contribution in [0.3, 0.4) is 0 Å². The van der Waals surface area contributed by atoms with Crippen molar-refractivity contribution < 1.29 is 26.4 Å². The monoisotopic (exact) mass is 448 g/mol. The molecular weight excluding hydrogens is 430 g/mol. The fourth-order valence-corrected chi connectivity index (χ4v) is 4.80. The van der Waals surface area contributed by atoms with Crippen LogP contribution in [0.15, 0.2) is 57.8 Å². The Labute approximate surface area is 176 Å². The van der Waals surface area contributed by atoms with Gasteiger partial charge in [-0.15, -0.1) is 5.10 Å². The highest BCUT2D eigenvalue weighted by Crippen LogP contribution is 2.26. The van der Waals surface area contributed by atoms with Gasteiger partial charge in [-0.25, -0.2) is 17.2 Å². The molecule has 1 saturated heterocycles. The SMILES string of the molecule is O=C(Nc1nnc(-c2cccc(F)c2)o1)C1CCN(S(=O)(=O)c2ccc(F)cc2)CC1. The highest BCUT2D eigenvalue weighted by Gasteiger charge is 2.32. The van der Waals surface area contributed by atoms with Crippen LogP contribution >= 0.6 is 0 Å².